The van der Waals surface area contributed by atoms with Gasteiger partial charge in [0, 0.05) is 26.7 Å². The molecular weight excluding hydrogens is 332 g/mol. The van der Waals surface area contributed by atoms with Crippen molar-refractivity contribution in [3.05, 3.63) is 0 Å². The van der Waals surface area contributed by atoms with Gasteiger partial charge < -0.3 is 15.5 Å². The summed E-state index contributed by atoms with van der Waals surface area (Å²) in [5.41, 5.74) is -0.471. The fraction of sp³-hybridized carbons (Fsp3) is 0.842. The maximum Gasteiger partial charge on any atom is 0.327 e. The Kier molecular flexibility index (Phi) is 5.17. The quantitative estimate of drug-likeness (QED) is 0.594. The molecule has 1 aliphatic heterocycles. The smallest absolute Gasteiger partial charge is 0.327 e. The van der Waals surface area contributed by atoms with Crippen molar-refractivity contribution in [2.75, 3.05) is 20.6 Å². The molecule has 5 amide bonds. The molecule has 7 heteroatoms. The zero-order valence-corrected chi connectivity index (χ0v) is 16.3. The highest BCUT2D eigenvalue weighted by Crippen LogP contribution is 2.60. The molecule has 2 N–H and O–H groups in total. The van der Waals surface area contributed by atoms with E-state index in [9.17, 15) is 14.4 Å². The van der Waals surface area contributed by atoms with Crippen molar-refractivity contribution in [2.24, 2.45) is 5.41 Å². The zero-order chi connectivity index (χ0) is 18.9. The topological polar surface area (TPSA) is 81.8 Å². The van der Waals surface area contributed by atoms with Crippen molar-refractivity contribution in [2.45, 2.75) is 76.3 Å². The van der Waals surface area contributed by atoms with Crippen LogP contribution in [-0.4, -0.2) is 60.0 Å². The van der Waals surface area contributed by atoms with Gasteiger partial charge in [-0.25, -0.2) is 9.59 Å². The summed E-state index contributed by atoms with van der Waals surface area (Å²) in [5.74, 6) is -0.0511. The average molecular weight is 364 g/mol. The summed E-state index contributed by atoms with van der Waals surface area (Å²) in [6.07, 6.45) is 8.66. The van der Waals surface area contributed by atoms with Gasteiger partial charge in [0.1, 0.15) is 5.54 Å². The first-order valence-corrected chi connectivity index (χ1v) is 9.94. The third-order valence-corrected chi connectivity index (χ3v) is 6.69. The molecule has 1 saturated heterocycles. The monoisotopic (exact) mass is 364 g/mol. The fourth-order valence-electron chi connectivity index (χ4n) is 5.11. The minimum atomic E-state index is -0.614. The Labute approximate surface area is 155 Å². The molecule has 2 spiro atoms. The zero-order valence-electron chi connectivity index (χ0n) is 16.3. The van der Waals surface area contributed by atoms with E-state index in [2.05, 4.69) is 17.6 Å². The molecule has 0 aromatic rings. The molecule has 1 heterocycles. The van der Waals surface area contributed by atoms with Crippen molar-refractivity contribution in [3.8, 4) is 0 Å². The van der Waals surface area contributed by atoms with Crippen molar-refractivity contribution >= 4 is 18.0 Å². The van der Waals surface area contributed by atoms with Gasteiger partial charge in [0.05, 0.1) is 0 Å². The largest absolute Gasteiger partial charge is 0.338 e. The second-order valence-electron chi connectivity index (χ2n) is 8.47. The molecule has 1 unspecified atom stereocenters. The number of unbranched alkanes of at least 4 members (excludes halogenated alkanes) is 1. The molecule has 2 aliphatic carbocycles. The van der Waals surface area contributed by atoms with Gasteiger partial charge in [0.15, 0.2) is 0 Å². The number of carbonyl (C=O) groups is 3. The van der Waals surface area contributed by atoms with E-state index in [1.807, 2.05) is 0 Å². The van der Waals surface area contributed by atoms with E-state index in [0.29, 0.717) is 0 Å². The van der Waals surface area contributed by atoms with Gasteiger partial charge in [-0.3, -0.25) is 9.69 Å². The van der Waals surface area contributed by atoms with Crippen LogP contribution in [0.1, 0.15) is 64.7 Å². The summed E-state index contributed by atoms with van der Waals surface area (Å²) in [6.45, 7) is 2.82. The first-order chi connectivity index (χ1) is 12.3. The van der Waals surface area contributed by atoms with Crippen LogP contribution in [0, 0.1) is 5.41 Å². The Balaban J connectivity index is 1.53. The maximum absolute atomic E-state index is 12.6. The van der Waals surface area contributed by atoms with E-state index >= 15 is 0 Å². The van der Waals surface area contributed by atoms with E-state index in [4.69, 9.17) is 0 Å². The van der Waals surface area contributed by atoms with Crippen molar-refractivity contribution in [3.63, 3.8) is 0 Å². The lowest BCUT2D eigenvalue weighted by atomic mass is 9.53. The predicted octanol–water partition coefficient (Wildman–Crippen LogP) is 2.46. The summed E-state index contributed by atoms with van der Waals surface area (Å²) >= 11 is 0. The van der Waals surface area contributed by atoms with Crippen LogP contribution in [0.4, 0.5) is 9.59 Å². The van der Waals surface area contributed by atoms with Crippen LogP contribution in [-0.2, 0) is 4.79 Å². The highest BCUT2D eigenvalue weighted by atomic mass is 16.2. The summed E-state index contributed by atoms with van der Waals surface area (Å²) in [5, 5.41) is 6.02. The van der Waals surface area contributed by atoms with E-state index in [1.54, 1.807) is 19.0 Å². The second-order valence-corrected chi connectivity index (χ2v) is 8.47. The highest BCUT2D eigenvalue weighted by Gasteiger charge is 2.66. The number of amides is 5. The van der Waals surface area contributed by atoms with Crippen LogP contribution in [0.3, 0.4) is 0 Å². The minimum absolute atomic E-state index is 0.0511. The standard InChI is InChI=1S/C19H32N4O3/c1-4-5-11-20-16(25)21-14-7-6-9-18(10-8-14)12-19(13-18)15(24)22(2)17(26)23(19)3/h14H,4-13H2,1-3H3,(H2,20,21,25). The molecule has 146 valence electrons. The van der Waals surface area contributed by atoms with Gasteiger partial charge in [-0.1, -0.05) is 19.8 Å². The number of imide groups is 1. The number of carbonyl (C=O) groups excluding carboxylic acids is 3. The Hall–Kier alpha value is -1.79. The number of rotatable bonds is 4. The maximum atomic E-state index is 12.6. The molecule has 1 atom stereocenters. The van der Waals surface area contributed by atoms with Gasteiger partial charge in [0.2, 0.25) is 0 Å². The third kappa shape index (κ3) is 3.16. The number of urea groups is 2. The fourth-order valence-corrected chi connectivity index (χ4v) is 5.11. The number of nitrogens with zero attached hydrogens (tertiary/aromatic N) is 2. The van der Waals surface area contributed by atoms with Crippen molar-refractivity contribution in [1.29, 1.82) is 0 Å². The predicted molar refractivity (Wildman–Crippen MR) is 98.6 cm³/mol. The minimum Gasteiger partial charge on any atom is -0.338 e. The van der Waals surface area contributed by atoms with Crippen LogP contribution < -0.4 is 10.6 Å². The molecular formula is C19H32N4O3. The lowest BCUT2D eigenvalue weighted by molar-refractivity contribution is -0.146. The van der Waals surface area contributed by atoms with E-state index in [-0.39, 0.29) is 29.4 Å². The number of nitrogens with one attached hydrogen (secondary N) is 2. The number of hydrogen-bond donors (Lipinski definition) is 2. The average Bonchev–Trinajstić information content (AvgIpc) is 2.75. The first-order valence-electron chi connectivity index (χ1n) is 9.94. The molecule has 0 bridgehead atoms. The molecule has 0 aromatic heterocycles. The Morgan fingerprint density at radius 1 is 1.19 bits per heavy atom. The normalized spacial score (nSPS) is 34.2. The van der Waals surface area contributed by atoms with Crippen LogP contribution >= 0.6 is 0 Å². The van der Waals surface area contributed by atoms with Crippen molar-refractivity contribution in [1.82, 2.24) is 20.4 Å². The highest BCUT2D eigenvalue weighted by molar-refractivity contribution is 6.07. The van der Waals surface area contributed by atoms with Crippen LogP contribution in [0.15, 0.2) is 0 Å². The molecule has 7 nitrogen and oxygen atoms in total. The molecule has 2 saturated carbocycles. The molecule has 0 radical (unpaired) electrons. The molecule has 3 fully saturated rings. The Bertz CT molecular complexity index is 585. The van der Waals surface area contributed by atoms with E-state index in [1.165, 1.54) is 4.90 Å². The second kappa shape index (κ2) is 7.08. The van der Waals surface area contributed by atoms with Gasteiger partial charge >= 0.3 is 12.1 Å². The third-order valence-electron chi connectivity index (χ3n) is 6.69. The SMILES string of the molecule is CCCCNC(=O)NC1CCCC2(CC1)CC1(C2)C(=O)N(C)C(=O)N1C. The van der Waals surface area contributed by atoms with Crippen molar-refractivity contribution < 1.29 is 14.4 Å². The van der Waals surface area contributed by atoms with E-state index in [0.717, 1.165) is 64.3 Å². The molecule has 3 aliphatic rings. The van der Waals surface area contributed by atoms with Gasteiger partial charge in [-0.05, 0) is 50.4 Å². The first kappa shape index (κ1) is 19.0. The van der Waals surface area contributed by atoms with Crippen LogP contribution in [0.2, 0.25) is 0 Å². The van der Waals surface area contributed by atoms with Gasteiger partial charge in [-0.15, -0.1) is 0 Å². The lowest BCUT2D eigenvalue weighted by Crippen LogP contribution is -2.62. The number of likely N-dealkylation sites (N-methyl/N-ethyl adjacent to an activating group) is 2. The van der Waals surface area contributed by atoms with E-state index < -0.39 is 5.54 Å². The molecule has 0 aromatic carbocycles. The summed E-state index contributed by atoms with van der Waals surface area (Å²) < 4.78 is 0. The van der Waals surface area contributed by atoms with Gasteiger partial charge in [-0.2, -0.15) is 0 Å². The van der Waals surface area contributed by atoms with Gasteiger partial charge in [0.25, 0.3) is 5.91 Å². The van der Waals surface area contributed by atoms with Crippen LogP contribution in [0.5, 0.6) is 0 Å². The summed E-state index contributed by atoms with van der Waals surface area (Å²) in [6, 6.07) is -0.0574. The molecule has 3 rings (SSSR count). The lowest BCUT2D eigenvalue weighted by Gasteiger charge is -2.55. The molecule has 26 heavy (non-hydrogen) atoms. The number of hydrogen-bond acceptors (Lipinski definition) is 3. The van der Waals surface area contributed by atoms with Crippen LogP contribution in [0.25, 0.3) is 0 Å². The summed E-state index contributed by atoms with van der Waals surface area (Å²) in [4.78, 5) is 39.6. The summed E-state index contributed by atoms with van der Waals surface area (Å²) in [7, 11) is 3.32. The Morgan fingerprint density at radius 2 is 1.92 bits per heavy atom. The Morgan fingerprint density at radius 3 is 2.54 bits per heavy atom.